The summed E-state index contributed by atoms with van der Waals surface area (Å²) in [5.41, 5.74) is 6.61. The lowest BCUT2D eigenvalue weighted by Gasteiger charge is -2.27. The molecule has 1 aromatic heterocycles. The average Bonchev–Trinajstić information content (AvgIpc) is 2.94. The Labute approximate surface area is 108 Å². The zero-order valence-electron chi connectivity index (χ0n) is 11.2. The zero-order valence-corrected chi connectivity index (χ0v) is 11.2. The molecule has 100 valence electrons. The van der Waals surface area contributed by atoms with E-state index in [0.717, 1.165) is 18.6 Å². The first-order valence-corrected chi connectivity index (χ1v) is 6.62. The van der Waals surface area contributed by atoms with Crippen LogP contribution in [0, 0.1) is 19.3 Å². The quantitative estimate of drug-likeness (QED) is 0.860. The van der Waals surface area contributed by atoms with E-state index in [-0.39, 0.29) is 11.3 Å². The molecule has 1 saturated carbocycles. The molecule has 1 aliphatic rings. The van der Waals surface area contributed by atoms with Gasteiger partial charge in [0.05, 0.1) is 5.56 Å². The van der Waals surface area contributed by atoms with Crippen LogP contribution in [0.25, 0.3) is 0 Å². The molecule has 4 nitrogen and oxygen atoms in total. The predicted octanol–water partition coefficient (Wildman–Crippen LogP) is 2.15. The molecule has 2 rings (SSSR count). The molecule has 1 amide bonds. The van der Waals surface area contributed by atoms with Gasteiger partial charge in [0.15, 0.2) is 0 Å². The van der Waals surface area contributed by atoms with Crippen molar-refractivity contribution in [2.24, 2.45) is 11.1 Å². The minimum Gasteiger partial charge on any atom is -0.466 e. The van der Waals surface area contributed by atoms with Gasteiger partial charge in [0.2, 0.25) is 0 Å². The third-order valence-corrected chi connectivity index (χ3v) is 4.01. The number of nitrogens with two attached hydrogens (primary N) is 1. The van der Waals surface area contributed by atoms with Crippen molar-refractivity contribution < 1.29 is 9.21 Å². The molecule has 0 unspecified atom stereocenters. The summed E-state index contributed by atoms with van der Waals surface area (Å²) in [6.07, 6.45) is 4.67. The Morgan fingerprint density at radius 3 is 2.61 bits per heavy atom. The molecule has 18 heavy (non-hydrogen) atoms. The summed E-state index contributed by atoms with van der Waals surface area (Å²) in [7, 11) is 0. The van der Waals surface area contributed by atoms with Crippen molar-refractivity contribution in [3.05, 3.63) is 23.2 Å². The highest BCUT2D eigenvalue weighted by atomic mass is 16.3. The molecule has 0 aromatic carbocycles. The number of amides is 1. The largest absolute Gasteiger partial charge is 0.466 e. The van der Waals surface area contributed by atoms with E-state index < -0.39 is 0 Å². The molecule has 4 heteroatoms. The maximum absolute atomic E-state index is 12.1. The molecule has 3 N–H and O–H groups in total. The van der Waals surface area contributed by atoms with Gasteiger partial charge in [-0.05, 0) is 44.7 Å². The summed E-state index contributed by atoms with van der Waals surface area (Å²) in [4.78, 5) is 12.1. The first kappa shape index (κ1) is 13.1. The fraction of sp³-hybridized carbons (Fsp3) is 0.643. The molecule has 0 bridgehead atoms. The predicted molar refractivity (Wildman–Crippen MR) is 70.5 cm³/mol. The SMILES string of the molecule is Cc1cc(C(=O)NCC2(CN)CCCC2)c(C)o1. The van der Waals surface area contributed by atoms with E-state index in [4.69, 9.17) is 10.2 Å². The van der Waals surface area contributed by atoms with Crippen LogP contribution in [0.2, 0.25) is 0 Å². The van der Waals surface area contributed by atoms with Crippen molar-refractivity contribution in [3.8, 4) is 0 Å². The average molecular weight is 250 g/mol. The van der Waals surface area contributed by atoms with Gasteiger partial charge in [-0.2, -0.15) is 0 Å². The van der Waals surface area contributed by atoms with Crippen LogP contribution in [-0.4, -0.2) is 19.0 Å². The molecular formula is C14H22N2O2. The summed E-state index contributed by atoms with van der Waals surface area (Å²) in [6, 6.07) is 1.79. The Hall–Kier alpha value is -1.29. The molecule has 1 heterocycles. The Morgan fingerprint density at radius 1 is 1.44 bits per heavy atom. The molecule has 0 atom stereocenters. The number of aryl methyl sites for hydroxylation is 2. The van der Waals surface area contributed by atoms with Gasteiger partial charge in [-0.1, -0.05) is 12.8 Å². The Balaban J connectivity index is 1.98. The number of rotatable bonds is 4. The summed E-state index contributed by atoms with van der Waals surface area (Å²) in [5, 5.41) is 3.01. The topological polar surface area (TPSA) is 68.3 Å². The van der Waals surface area contributed by atoms with Gasteiger partial charge in [0.1, 0.15) is 11.5 Å². The fourth-order valence-electron chi connectivity index (χ4n) is 2.80. The Kier molecular flexibility index (Phi) is 3.76. The van der Waals surface area contributed by atoms with Crippen LogP contribution in [0.3, 0.4) is 0 Å². The number of furan rings is 1. The van der Waals surface area contributed by atoms with Crippen molar-refractivity contribution in [2.75, 3.05) is 13.1 Å². The second-order valence-corrected chi connectivity index (χ2v) is 5.42. The highest BCUT2D eigenvalue weighted by Crippen LogP contribution is 2.36. The lowest BCUT2D eigenvalue weighted by Crippen LogP contribution is -2.40. The molecule has 0 spiro atoms. The molecule has 1 aromatic rings. The molecule has 1 fully saturated rings. The summed E-state index contributed by atoms with van der Waals surface area (Å²) < 4.78 is 5.37. The number of hydrogen-bond donors (Lipinski definition) is 2. The monoisotopic (exact) mass is 250 g/mol. The fourth-order valence-corrected chi connectivity index (χ4v) is 2.80. The summed E-state index contributed by atoms with van der Waals surface area (Å²) in [6.45, 7) is 4.99. The number of hydrogen-bond acceptors (Lipinski definition) is 3. The smallest absolute Gasteiger partial charge is 0.254 e. The van der Waals surface area contributed by atoms with Gasteiger partial charge in [-0.25, -0.2) is 0 Å². The minimum atomic E-state index is -0.0518. The Morgan fingerprint density at radius 2 is 2.11 bits per heavy atom. The molecule has 0 aliphatic heterocycles. The van der Waals surface area contributed by atoms with Crippen LogP contribution >= 0.6 is 0 Å². The highest BCUT2D eigenvalue weighted by molar-refractivity contribution is 5.95. The second-order valence-electron chi connectivity index (χ2n) is 5.42. The Bertz CT molecular complexity index is 431. The lowest BCUT2D eigenvalue weighted by molar-refractivity contribution is 0.0930. The van der Waals surface area contributed by atoms with Gasteiger partial charge in [-0.3, -0.25) is 4.79 Å². The summed E-state index contributed by atoms with van der Waals surface area (Å²) >= 11 is 0. The summed E-state index contributed by atoms with van der Waals surface area (Å²) in [5.74, 6) is 1.40. The van der Waals surface area contributed by atoms with Gasteiger partial charge < -0.3 is 15.5 Å². The van der Waals surface area contributed by atoms with Crippen LogP contribution < -0.4 is 11.1 Å². The number of nitrogens with one attached hydrogen (secondary N) is 1. The molecular weight excluding hydrogens is 228 g/mol. The van der Waals surface area contributed by atoms with E-state index in [0.29, 0.717) is 24.4 Å². The van der Waals surface area contributed by atoms with E-state index in [1.54, 1.807) is 6.07 Å². The maximum Gasteiger partial charge on any atom is 0.254 e. The van der Waals surface area contributed by atoms with E-state index in [1.165, 1.54) is 12.8 Å². The number of carbonyl (C=O) groups excluding carboxylic acids is 1. The molecule has 0 radical (unpaired) electrons. The molecule has 1 aliphatic carbocycles. The zero-order chi connectivity index (χ0) is 13.2. The van der Waals surface area contributed by atoms with Crippen molar-refractivity contribution in [1.82, 2.24) is 5.32 Å². The third-order valence-electron chi connectivity index (χ3n) is 4.01. The van der Waals surface area contributed by atoms with Gasteiger partial charge in [0.25, 0.3) is 5.91 Å². The van der Waals surface area contributed by atoms with Crippen molar-refractivity contribution >= 4 is 5.91 Å². The minimum absolute atomic E-state index is 0.0518. The van der Waals surface area contributed by atoms with E-state index in [2.05, 4.69) is 5.32 Å². The lowest BCUT2D eigenvalue weighted by atomic mass is 9.86. The van der Waals surface area contributed by atoms with Gasteiger partial charge in [0, 0.05) is 6.54 Å². The number of carbonyl (C=O) groups is 1. The van der Waals surface area contributed by atoms with E-state index in [9.17, 15) is 4.79 Å². The van der Waals surface area contributed by atoms with E-state index >= 15 is 0 Å². The van der Waals surface area contributed by atoms with Crippen molar-refractivity contribution in [3.63, 3.8) is 0 Å². The van der Waals surface area contributed by atoms with Crippen molar-refractivity contribution in [1.29, 1.82) is 0 Å². The standard InChI is InChI=1S/C14H22N2O2/c1-10-7-12(11(2)18-10)13(17)16-9-14(8-15)5-3-4-6-14/h7H,3-6,8-9,15H2,1-2H3,(H,16,17). The normalized spacial score (nSPS) is 17.9. The van der Waals surface area contributed by atoms with E-state index in [1.807, 2.05) is 13.8 Å². The highest BCUT2D eigenvalue weighted by Gasteiger charge is 2.32. The van der Waals surface area contributed by atoms with Crippen LogP contribution in [0.15, 0.2) is 10.5 Å². The maximum atomic E-state index is 12.1. The molecule has 0 saturated heterocycles. The van der Waals surface area contributed by atoms with Crippen LogP contribution in [0.4, 0.5) is 0 Å². The first-order valence-electron chi connectivity index (χ1n) is 6.62. The second kappa shape index (κ2) is 5.14. The first-order chi connectivity index (χ1) is 8.56. The van der Waals surface area contributed by atoms with Crippen molar-refractivity contribution in [2.45, 2.75) is 39.5 Å². The van der Waals surface area contributed by atoms with Crippen LogP contribution in [0.1, 0.15) is 47.6 Å². The van der Waals surface area contributed by atoms with Crippen LogP contribution in [-0.2, 0) is 0 Å². The van der Waals surface area contributed by atoms with Gasteiger partial charge in [-0.15, -0.1) is 0 Å². The van der Waals surface area contributed by atoms with Crippen LogP contribution in [0.5, 0.6) is 0 Å². The van der Waals surface area contributed by atoms with Gasteiger partial charge >= 0.3 is 0 Å². The third kappa shape index (κ3) is 2.58.